The number of hydrogen-bond acceptors (Lipinski definition) is 13. The number of carbonyl (C=O) groups excluding carboxylic acids is 2. The molecule has 350 valence electrons. The number of aromatic hydroxyl groups is 3. The Labute approximate surface area is 394 Å². The van der Waals surface area contributed by atoms with Crippen molar-refractivity contribution in [3.8, 4) is 34.6 Å². The summed E-state index contributed by atoms with van der Waals surface area (Å²) in [5.74, 6) is -2.82. The maximum absolute atomic E-state index is 15.5. The third-order valence-electron chi connectivity index (χ3n) is 12.1. The monoisotopic (exact) mass is 1030 g/mol. The molecule has 7 aromatic rings. The first kappa shape index (κ1) is 46.6. The molecule has 0 aliphatic carbocycles. The Hall–Kier alpha value is -6.88. The van der Waals surface area contributed by atoms with Gasteiger partial charge in [0.15, 0.2) is 22.8 Å². The second-order valence-electron chi connectivity index (χ2n) is 16.9. The molecule has 21 heteroatoms. The molecule has 6 N–H and O–H groups in total. The van der Waals surface area contributed by atoms with Gasteiger partial charge >= 0.3 is 12.0 Å². The van der Waals surface area contributed by atoms with Crippen LogP contribution in [0, 0.1) is 26.5 Å². The number of ether oxygens (including phenoxy) is 1. The third-order valence-corrected chi connectivity index (χ3v) is 12.8. The Morgan fingerprint density at radius 2 is 1.76 bits per heavy atom. The topological polar surface area (TPSA) is 239 Å². The summed E-state index contributed by atoms with van der Waals surface area (Å²) in [6.45, 7) is 4.50. The van der Waals surface area contributed by atoms with Crippen LogP contribution in [0.2, 0.25) is 0 Å². The highest BCUT2D eigenvalue weighted by atomic mass is 127. The molecule has 0 radical (unpaired) electrons. The molecule has 0 bridgehead atoms. The lowest BCUT2D eigenvalue weighted by molar-refractivity contribution is -0.152. The van der Waals surface area contributed by atoms with Crippen LogP contribution < -0.4 is 16.4 Å². The van der Waals surface area contributed by atoms with Gasteiger partial charge in [-0.2, -0.15) is 0 Å². The summed E-state index contributed by atoms with van der Waals surface area (Å²) in [6.07, 6.45) is 3.46. The minimum Gasteiger partial charge on any atom is -0.508 e. The number of piperidine rings is 1. The quantitative estimate of drug-likeness (QED) is 0.0424. The Balaban J connectivity index is 0.829. The molecule has 1 amide bonds. The molecule has 0 spiro atoms. The molecule has 67 heavy (non-hydrogen) atoms. The average molecular weight is 1030 g/mol. The smallest absolute Gasteiger partial charge is 0.319 e. The van der Waals surface area contributed by atoms with Crippen LogP contribution in [0.3, 0.4) is 0 Å². The number of carbonyl (C=O) groups is 2. The molecule has 1 atom stereocenters. The number of rotatable bonds is 14. The summed E-state index contributed by atoms with van der Waals surface area (Å²) in [6, 6.07) is 14.3. The number of hydrogen-bond donors (Lipinski definition) is 6. The first-order valence-corrected chi connectivity index (χ1v) is 22.5. The molecule has 18 nitrogen and oxygen atoms in total. The summed E-state index contributed by atoms with van der Waals surface area (Å²) in [7, 11) is 1.35. The number of aliphatic hydroxyl groups is 1. The number of pyridine rings is 1. The van der Waals surface area contributed by atoms with E-state index < -0.39 is 65.9 Å². The van der Waals surface area contributed by atoms with Gasteiger partial charge in [-0.3, -0.25) is 24.4 Å². The molecule has 4 aromatic heterocycles. The number of halogens is 3. The van der Waals surface area contributed by atoms with Gasteiger partial charge in [-0.05, 0) is 108 Å². The van der Waals surface area contributed by atoms with Crippen LogP contribution in [0.25, 0.3) is 39.0 Å². The van der Waals surface area contributed by atoms with E-state index in [1.807, 2.05) is 66.9 Å². The molecule has 1 fully saturated rings. The van der Waals surface area contributed by atoms with E-state index in [4.69, 9.17) is 10.1 Å². The molecule has 0 saturated carbocycles. The van der Waals surface area contributed by atoms with Crippen molar-refractivity contribution >= 4 is 67.8 Å². The number of amides is 1. The van der Waals surface area contributed by atoms with Gasteiger partial charge in [0.25, 0.3) is 5.56 Å². The van der Waals surface area contributed by atoms with E-state index in [-0.39, 0.29) is 46.0 Å². The number of esters is 1. The summed E-state index contributed by atoms with van der Waals surface area (Å²) < 4.78 is 41.6. The third kappa shape index (κ3) is 9.55. The minimum atomic E-state index is -1.41. The molecule has 8 rings (SSSR count). The van der Waals surface area contributed by atoms with E-state index in [0.717, 1.165) is 45.6 Å². The maximum Gasteiger partial charge on any atom is 0.319 e. The Morgan fingerprint density at radius 3 is 2.49 bits per heavy atom. The summed E-state index contributed by atoms with van der Waals surface area (Å²) in [5, 5.41) is 61.9. The molecular formula is C46H47F2IN10O8. The lowest BCUT2D eigenvalue weighted by atomic mass is 9.93. The maximum atomic E-state index is 15.5. The van der Waals surface area contributed by atoms with Crippen LogP contribution in [-0.4, -0.2) is 96.5 Å². The van der Waals surface area contributed by atoms with E-state index in [0.29, 0.717) is 45.9 Å². The van der Waals surface area contributed by atoms with Gasteiger partial charge in [-0.1, -0.05) is 18.9 Å². The van der Waals surface area contributed by atoms with Crippen molar-refractivity contribution in [2.45, 2.75) is 64.6 Å². The van der Waals surface area contributed by atoms with Gasteiger partial charge in [0.2, 0.25) is 5.91 Å². The van der Waals surface area contributed by atoms with Crippen molar-refractivity contribution in [2.24, 2.45) is 13.0 Å². The number of aryl methyl sites for hydroxylation is 2. The van der Waals surface area contributed by atoms with Gasteiger partial charge in [-0.15, -0.1) is 5.10 Å². The van der Waals surface area contributed by atoms with Crippen molar-refractivity contribution in [2.75, 3.05) is 25.0 Å². The highest BCUT2D eigenvalue weighted by Gasteiger charge is 2.27. The number of nitrogens with zero attached hydrogens (tertiary/aromatic N) is 8. The molecule has 3 aromatic carbocycles. The highest BCUT2D eigenvalue weighted by Crippen LogP contribution is 2.39. The first-order chi connectivity index (χ1) is 32.0. The summed E-state index contributed by atoms with van der Waals surface area (Å²) >= 11 is 1.92. The van der Waals surface area contributed by atoms with Gasteiger partial charge in [0.1, 0.15) is 41.8 Å². The van der Waals surface area contributed by atoms with Gasteiger partial charge in [-0.25, -0.2) is 18.3 Å². The SMILES string of the molecule is CC(C)c1cc(-c2nnc(O)n2-c2ccc3c(ccn3CCC3CCN(C(=O)CC(=O)OC[C@H](O)Cn4cnc5c(c(Nc6ccc(I)cc6F)c(F)c(=N)n5C)c4=O)CC3)c2)c(O)cc1O. The Kier molecular flexibility index (Phi) is 13.3. The van der Waals surface area contributed by atoms with Crippen LogP contribution in [-0.2, 0) is 34.5 Å². The Morgan fingerprint density at radius 1 is 1.00 bits per heavy atom. The van der Waals surface area contributed by atoms with Crippen molar-refractivity contribution in [1.82, 2.24) is 38.3 Å². The summed E-state index contributed by atoms with van der Waals surface area (Å²) in [4.78, 5) is 45.3. The van der Waals surface area contributed by atoms with Crippen molar-refractivity contribution < 1.29 is 43.5 Å². The lowest BCUT2D eigenvalue weighted by Gasteiger charge is -2.32. The number of fused-ring (bicyclic) bond motifs is 2. The number of phenols is 2. The van der Waals surface area contributed by atoms with Gasteiger partial charge in [0, 0.05) is 53.4 Å². The molecule has 5 heterocycles. The molecule has 1 aliphatic heterocycles. The zero-order valence-corrected chi connectivity index (χ0v) is 38.7. The Bertz CT molecular complexity index is 3180. The first-order valence-electron chi connectivity index (χ1n) is 21.4. The van der Waals surface area contributed by atoms with Crippen molar-refractivity contribution in [1.29, 1.82) is 5.41 Å². The van der Waals surface area contributed by atoms with E-state index in [2.05, 4.69) is 25.1 Å². The predicted molar refractivity (Wildman–Crippen MR) is 250 cm³/mol. The number of aliphatic hydroxyl groups excluding tert-OH is 1. The molecule has 0 unspecified atom stereocenters. The van der Waals surface area contributed by atoms with Crippen LogP contribution in [0.5, 0.6) is 17.5 Å². The lowest BCUT2D eigenvalue weighted by Crippen LogP contribution is -2.40. The molecular weight excluding hydrogens is 985 g/mol. The summed E-state index contributed by atoms with van der Waals surface area (Å²) in [5.41, 5.74) is 0.415. The number of likely N-dealkylation sites (tertiary alicyclic amines) is 1. The van der Waals surface area contributed by atoms with Gasteiger partial charge < -0.3 is 44.5 Å². The number of nitrogens with one attached hydrogen (secondary N) is 2. The van der Waals surface area contributed by atoms with Gasteiger partial charge in [0.05, 0.1) is 35.5 Å². The number of phenolic OH excluding ortho intramolecular Hbond substituents is 2. The fourth-order valence-electron chi connectivity index (χ4n) is 8.40. The largest absolute Gasteiger partial charge is 0.508 e. The van der Waals surface area contributed by atoms with Crippen LogP contribution in [0.4, 0.5) is 20.2 Å². The molecule has 1 aliphatic rings. The van der Waals surface area contributed by atoms with E-state index in [1.165, 1.54) is 29.8 Å². The fourth-order valence-corrected chi connectivity index (χ4v) is 8.85. The van der Waals surface area contributed by atoms with Crippen molar-refractivity contribution in [3.05, 3.63) is 104 Å². The number of benzene rings is 3. The minimum absolute atomic E-state index is 0.0352. The van der Waals surface area contributed by atoms with Crippen LogP contribution in [0.15, 0.2) is 71.9 Å². The zero-order valence-electron chi connectivity index (χ0n) is 36.6. The zero-order chi connectivity index (χ0) is 47.8. The number of aromatic nitrogens is 7. The van der Waals surface area contributed by atoms with Crippen LogP contribution in [0.1, 0.15) is 51.0 Å². The van der Waals surface area contributed by atoms with Crippen LogP contribution >= 0.6 is 22.6 Å². The standard InChI is InChI=1S/C46H47F2IN10O8/c1-24(2)30-18-31(36(62)19-35(30)61)43-53-54-46(66)59(43)28-5-7-34-26(16-28)11-15-56(34)12-8-25-9-13-57(14-10-25)37(63)20-38(64)67-22-29(60)21-58-23-51-44-39(45(58)65)41(40(48)42(50)55(44)3)52-33-6-4-27(49)17-32(33)47/h4-7,11,15-19,23-25,29,50,52,60-62H,8-10,12-14,20-22H2,1-3H3,(H,54,66)/t29-/m1/s1. The second kappa shape index (κ2) is 19.1. The van der Waals surface area contributed by atoms with E-state index >= 15 is 4.39 Å². The van der Waals surface area contributed by atoms with Crippen molar-refractivity contribution in [3.63, 3.8) is 0 Å². The average Bonchev–Trinajstić information content (AvgIpc) is 3.89. The highest BCUT2D eigenvalue weighted by molar-refractivity contribution is 14.1. The fraction of sp³-hybridized carbons (Fsp3) is 0.326. The normalized spacial score (nSPS) is 13.8. The molecule has 1 saturated heterocycles. The van der Waals surface area contributed by atoms with E-state index in [9.17, 15) is 39.2 Å². The number of anilines is 2. The second-order valence-corrected chi connectivity index (χ2v) is 18.1. The van der Waals surface area contributed by atoms with E-state index in [1.54, 1.807) is 17.0 Å². The predicted octanol–water partition coefficient (Wildman–Crippen LogP) is 5.91.